The van der Waals surface area contributed by atoms with Crippen LogP contribution in [0.25, 0.3) is 10.6 Å². The van der Waals surface area contributed by atoms with E-state index in [4.69, 9.17) is 4.98 Å². The molecule has 1 atom stereocenters. The fourth-order valence-corrected chi connectivity index (χ4v) is 5.36. The van der Waals surface area contributed by atoms with Gasteiger partial charge in [-0.3, -0.25) is 14.5 Å². The summed E-state index contributed by atoms with van der Waals surface area (Å²) in [6.07, 6.45) is 1.79. The smallest absolute Gasteiger partial charge is 0.227 e. The van der Waals surface area contributed by atoms with Crippen molar-refractivity contribution in [3.05, 3.63) is 41.4 Å². The highest BCUT2D eigenvalue weighted by Crippen LogP contribution is 2.26. The van der Waals surface area contributed by atoms with Gasteiger partial charge in [0.1, 0.15) is 5.01 Å². The van der Waals surface area contributed by atoms with Crippen molar-refractivity contribution in [1.29, 1.82) is 0 Å². The van der Waals surface area contributed by atoms with E-state index in [0.717, 1.165) is 68.4 Å². The Morgan fingerprint density at radius 2 is 1.75 bits per heavy atom. The summed E-state index contributed by atoms with van der Waals surface area (Å²) in [6, 6.07) is 10.3. The molecule has 2 fully saturated rings. The molecule has 0 saturated carbocycles. The van der Waals surface area contributed by atoms with Gasteiger partial charge in [-0.05, 0) is 12.8 Å². The highest BCUT2D eigenvalue weighted by molar-refractivity contribution is 7.13. The average molecular weight is 455 g/mol. The molecule has 1 aromatic heterocycles. The van der Waals surface area contributed by atoms with E-state index in [1.165, 1.54) is 0 Å². The molecule has 2 aromatic rings. The maximum Gasteiger partial charge on any atom is 0.227 e. The number of hydrogen-bond acceptors (Lipinski definition) is 5. The summed E-state index contributed by atoms with van der Waals surface area (Å²) in [5.74, 6) is 0.308. The summed E-state index contributed by atoms with van der Waals surface area (Å²) in [7, 11) is 0. The Kier molecular flexibility index (Phi) is 6.96. The van der Waals surface area contributed by atoms with Gasteiger partial charge >= 0.3 is 0 Å². The molecule has 32 heavy (non-hydrogen) atoms. The third-order valence-electron chi connectivity index (χ3n) is 6.34. The first-order valence-electron chi connectivity index (χ1n) is 11.6. The van der Waals surface area contributed by atoms with Crippen molar-refractivity contribution in [1.82, 2.24) is 19.7 Å². The van der Waals surface area contributed by atoms with Crippen molar-refractivity contribution in [3.63, 3.8) is 0 Å². The average Bonchev–Trinajstić information content (AvgIpc) is 3.27. The summed E-state index contributed by atoms with van der Waals surface area (Å²) in [4.78, 5) is 36.9. The summed E-state index contributed by atoms with van der Waals surface area (Å²) in [5.41, 5.74) is 1.86. The number of benzene rings is 1. The Morgan fingerprint density at radius 1 is 1.03 bits per heavy atom. The second-order valence-corrected chi connectivity index (χ2v) is 10.8. The van der Waals surface area contributed by atoms with Gasteiger partial charge < -0.3 is 9.80 Å². The third kappa shape index (κ3) is 5.38. The number of nitrogens with zero attached hydrogens (tertiary/aromatic N) is 4. The number of aromatic nitrogens is 1. The standard InChI is InChI=1S/C25H34N4O2S/c1-25(2,3)24(31)29-11-7-10-20(16-29)23(30)28-14-12-27(13-15-28)17-21-18-32-22(26-21)19-8-5-4-6-9-19/h4-6,8-9,18,20H,7,10-17H2,1-3H3. The first-order chi connectivity index (χ1) is 15.3. The highest BCUT2D eigenvalue weighted by Gasteiger charge is 2.35. The molecule has 2 amide bonds. The van der Waals surface area contributed by atoms with Gasteiger partial charge in [-0.25, -0.2) is 4.98 Å². The lowest BCUT2D eigenvalue weighted by molar-refractivity contribution is -0.146. The van der Waals surface area contributed by atoms with Crippen molar-refractivity contribution in [3.8, 4) is 10.6 Å². The molecule has 0 radical (unpaired) electrons. The van der Waals surface area contributed by atoms with E-state index in [1.54, 1.807) is 11.3 Å². The third-order valence-corrected chi connectivity index (χ3v) is 7.28. The molecule has 2 saturated heterocycles. The summed E-state index contributed by atoms with van der Waals surface area (Å²) < 4.78 is 0. The molecule has 172 valence electrons. The van der Waals surface area contributed by atoms with Crippen LogP contribution >= 0.6 is 11.3 Å². The Labute approximate surface area is 195 Å². The Balaban J connectivity index is 1.28. The minimum atomic E-state index is -0.396. The Hall–Kier alpha value is -2.25. The Bertz CT molecular complexity index is 929. The van der Waals surface area contributed by atoms with E-state index in [1.807, 2.05) is 48.8 Å². The van der Waals surface area contributed by atoms with Crippen molar-refractivity contribution in [2.24, 2.45) is 11.3 Å². The normalized spacial score (nSPS) is 20.4. The number of piperazine rings is 1. The molecule has 0 bridgehead atoms. The van der Waals surface area contributed by atoms with E-state index in [2.05, 4.69) is 22.4 Å². The molecule has 0 aliphatic carbocycles. The molecule has 2 aliphatic heterocycles. The monoisotopic (exact) mass is 454 g/mol. The lowest BCUT2D eigenvalue weighted by atomic mass is 9.90. The SMILES string of the molecule is CC(C)(C)C(=O)N1CCCC(C(=O)N2CCN(Cc3csc(-c4ccccc4)n3)CC2)C1. The van der Waals surface area contributed by atoms with E-state index < -0.39 is 5.41 Å². The zero-order chi connectivity index (χ0) is 22.7. The van der Waals surface area contributed by atoms with Gasteiger partial charge in [0.05, 0.1) is 11.6 Å². The molecular weight excluding hydrogens is 420 g/mol. The minimum absolute atomic E-state index is 0.0615. The van der Waals surface area contributed by atoms with Crippen LogP contribution in [-0.2, 0) is 16.1 Å². The molecule has 0 spiro atoms. The first-order valence-corrected chi connectivity index (χ1v) is 12.5. The Morgan fingerprint density at radius 3 is 2.44 bits per heavy atom. The predicted molar refractivity (Wildman–Crippen MR) is 128 cm³/mol. The summed E-state index contributed by atoms with van der Waals surface area (Å²) in [6.45, 7) is 11.2. The zero-order valence-electron chi connectivity index (χ0n) is 19.4. The number of piperidine rings is 1. The van der Waals surface area contributed by atoms with Gasteiger partial charge in [0.2, 0.25) is 11.8 Å². The molecule has 7 heteroatoms. The molecule has 1 unspecified atom stereocenters. The van der Waals surface area contributed by atoms with Crippen LogP contribution in [0.5, 0.6) is 0 Å². The number of carbonyl (C=O) groups is 2. The van der Waals surface area contributed by atoms with Crippen LogP contribution in [0.1, 0.15) is 39.3 Å². The number of rotatable bonds is 4. The van der Waals surface area contributed by atoms with Crippen LogP contribution in [0.15, 0.2) is 35.7 Å². The van der Waals surface area contributed by atoms with Crippen LogP contribution in [-0.4, -0.2) is 70.8 Å². The highest BCUT2D eigenvalue weighted by atomic mass is 32.1. The molecule has 3 heterocycles. The molecule has 1 aromatic carbocycles. The van der Waals surface area contributed by atoms with Gasteiger partial charge in [0.15, 0.2) is 0 Å². The van der Waals surface area contributed by atoms with Crippen molar-refractivity contribution < 1.29 is 9.59 Å². The van der Waals surface area contributed by atoms with Gasteiger partial charge in [-0.2, -0.15) is 0 Å². The number of thiazole rings is 1. The van der Waals surface area contributed by atoms with E-state index in [-0.39, 0.29) is 17.7 Å². The second kappa shape index (κ2) is 9.71. The second-order valence-electron chi connectivity index (χ2n) is 9.95. The molecule has 6 nitrogen and oxygen atoms in total. The minimum Gasteiger partial charge on any atom is -0.341 e. The topological polar surface area (TPSA) is 56.8 Å². The zero-order valence-corrected chi connectivity index (χ0v) is 20.2. The molecule has 4 rings (SSSR count). The molecule has 0 N–H and O–H groups in total. The summed E-state index contributed by atoms with van der Waals surface area (Å²) in [5, 5.41) is 3.20. The maximum atomic E-state index is 13.2. The number of hydrogen-bond donors (Lipinski definition) is 0. The lowest BCUT2D eigenvalue weighted by Crippen LogP contribution is -2.53. The van der Waals surface area contributed by atoms with Gasteiger partial charge in [-0.1, -0.05) is 51.1 Å². The van der Waals surface area contributed by atoms with Crippen LogP contribution in [0.3, 0.4) is 0 Å². The number of likely N-dealkylation sites (tertiary alicyclic amines) is 1. The van der Waals surface area contributed by atoms with Gasteiger partial charge in [0.25, 0.3) is 0 Å². The van der Waals surface area contributed by atoms with Crippen molar-refractivity contribution >= 4 is 23.2 Å². The first kappa shape index (κ1) is 22.9. The number of amides is 2. The van der Waals surface area contributed by atoms with Crippen LogP contribution in [0, 0.1) is 11.3 Å². The fraction of sp³-hybridized carbons (Fsp3) is 0.560. The maximum absolute atomic E-state index is 13.2. The number of carbonyl (C=O) groups excluding carboxylic acids is 2. The predicted octanol–water partition coefficient (Wildman–Crippen LogP) is 3.74. The molecular formula is C25H34N4O2S. The van der Waals surface area contributed by atoms with Crippen LogP contribution in [0.4, 0.5) is 0 Å². The van der Waals surface area contributed by atoms with Crippen molar-refractivity contribution in [2.45, 2.75) is 40.2 Å². The van der Waals surface area contributed by atoms with E-state index in [9.17, 15) is 9.59 Å². The van der Waals surface area contributed by atoms with Crippen LogP contribution < -0.4 is 0 Å². The molecule has 2 aliphatic rings. The summed E-state index contributed by atoms with van der Waals surface area (Å²) >= 11 is 1.69. The van der Waals surface area contributed by atoms with E-state index in [0.29, 0.717) is 6.54 Å². The van der Waals surface area contributed by atoms with Gasteiger partial charge in [-0.15, -0.1) is 11.3 Å². The largest absolute Gasteiger partial charge is 0.341 e. The van der Waals surface area contributed by atoms with Gasteiger partial charge in [0, 0.05) is 62.2 Å². The van der Waals surface area contributed by atoms with Crippen molar-refractivity contribution in [2.75, 3.05) is 39.3 Å². The fourth-order valence-electron chi connectivity index (χ4n) is 4.54. The van der Waals surface area contributed by atoms with E-state index >= 15 is 0 Å². The van der Waals surface area contributed by atoms with Crippen LogP contribution in [0.2, 0.25) is 0 Å². The quantitative estimate of drug-likeness (QED) is 0.706. The lowest BCUT2D eigenvalue weighted by Gasteiger charge is -2.40.